The molecule has 1 aliphatic carbocycles. The first-order valence-corrected chi connectivity index (χ1v) is 5.87. The van der Waals surface area contributed by atoms with Gasteiger partial charge in [-0.15, -0.1) is 0 Å². The SMILES string of the molecule is O=C(c1ccoc1)N(CC(F)(F)F)C1CCCC1. The van der Waals surface area contributed by atoms with Gasteiger partial charge in [-0.05, 0) is 18.9 Å². The summed E-state index contributed by atoms with van der Waals surface area (Å²) in [5.41, 5.74) is 0.172. The Labute approximate surface area is 103 Å². The van der Waals surface area contributed by atoms with E-state index in [0.717, 1.165) is 17.7 Å². The smallest absolute Gasteiger partial charge is 0.406 e. The summed E-state index contributed by atoms with van der Waals surface area (Å²) < 4.78 is 42.4. The van der Waals surface area contributed by atoms with E-state index < -0.39 is 18.6 Å². The van der Waals surface area contributed by atoms with Gasteiger partial charge >= 0.3 is 6.18 Å². The summed E-state index contributed by atoms with van der Waals surface area (Å²) in [5, 5.41) is 0. The standard InChI is InChI=1S/C12H14F3NO2/c13-12(14,15)8-16(10-3-1-2-4-10)11(17)9-5-6-18-7-9/h5-7,10H,1-4,8H2. The molecular formula is C12H14F3NO2. The normalized spacial score (nSPS) is 17.1. The van der Waals surface area contributed by atoms with Crippen LogP contribution in [0.4, 0.5) is 13.2 Å². The van der Waals surface area contributed by atoms with Gasteiger partial charge < -0.3 is 9.32 Å². The van der Waals surface area contributed by atoms with Gasteiger partial charge in [0.15, 0.2) is 0 Å². The second-order valence-corrected chi connectivity index (χ2v) is 4.50. The first-order valence-electron chi connectivity index (χ1n) is 5.87. The van der Waals surface area contributed by atoms with Crippen molar-refractivity contribution in [3.8, 4) is 0 Å². The van der Waals surface area contributed by atoms with Gasteiger partial charge in [0.1, 0.15) is 12.8 Å². The van der Waals surface area contributed by atoms with Crippen LogP contribution in [-0.4, -0.2) is 29.6 Å². The third kappa shape index (κ3) is 3.05. The van der Waals surface area contributed by atoms with Gasteiger partial charge in [-0.2, -0.15) is 13.2 Å². The molecule has 0 saturated heterocycles. The predicted molar refractivity (Wildman–Crippen MR) is 58.1 cm³/mol. The van der Waals surface area contributed by atoms with Crippen molar-refractivity contribution in [3.05, 3.63) is 24.2 Å². The molecule has 2 rings (SSSR count). The summed E-state index contributed by atoms with van der Waals surface area (Å²) in [6, 6.07) is 1.08. The Balaban J connectivity index is 2.16. The van der Waals surface area contributed by atoms with Crippen LogP contribution >= 0.6 is 0 Å². The minimum Gasteiger partial charge on any atom is -0.472 e. The van der Waals surface area contributed by atoms with Crippen molar-refractivity contribution in [2.45, 2.75) is 37.9 Å². The summed E-state index contributed by atoms with van der Waals surface area (Å²) in [5.74, 6) is -0.604. The van der Waals surface area contributed by atoms with E-state index >= 15 is 0 Å². The highest BCUT2D eigenvalue weighted by atomic mass is 19.4. The Bertz CT molecular complexity index is 394. The molecule has 3 nitrogen and oxygen atoms in total. The van der Waals surface area contributed by atoms with Gasteiger partial charge in [-0.1, -0.05) is 12.8 Å². The zero-order valence-corrected chi connectivity index (χ0v) is 9.74. The lowest BCUT2D eigenvalue weighted by Crippen LogP contribution is -2.44. The fourth-order valence-electron chi connectivity index (χ4n) is 2.33. The molecule has 0 radical (unpaired) electrons. The minimum absolute atomic E-state index is 0.172. The molecule has 100 valence electrons. The van der Waals surface area contributed by atoms with Crippen LogP contribution < -0.4 is 0 Å². The molecule has 1 fully saturated rings. The maximum Gasteiger partial charge on any atom is 0.406 e. The molecule has 6 heteroatoms. The van der Waals surface area contributed by atoms with Crippen molar-refractivity contribution in [2.75, 3.05) is 6.54 Å². The van der Waals surface area contributed by atoms with E-state index in [1.165, 1.54) is 18.6 Å². The van der Waals surface area contributed by atoms with Crippen molar-refractivity contribution >= 4 is 5.91 Å². The van der Waals surface area contributed by atoms with Crippen molar-refractivity contribution in [3.63, 3.8) is 0 Å². The Morgan fingerprint density at radius 1 is 1.39 bits per heavy atom. The van der Waals surface area contributed by atoms with Crippen molar-refractivity contribution in [1.82, 2.24) is 4.90 Å². The van der Waals surface area contributed by atoms with Crippen LogP contribution in [-0.2, 0) is 0 Å². The average Bonchev–Trinajstić information content (AvgIpc) is 2.95. The first-order chi connectivity index (χ1) is 8.47. The van der Waals surface area contributed by atoms with E-state index in [1.54, 1.807) is 0 Å². The second kappa shape index (κ2) is 5.04. The van der Waals surface area contributed by atoms with Crippen LogP contribution in [0.2, 0.25) is 0 Å². The number of halogens is 3. The molecule has 0 atom stereocenters. The molecule has 1 heterocycles. The van der Waals surface area contributed by atoms with E-state index in [2.05, 4.69) is 0 Å². The third-order valence-electron chi connectivity index (χ3n) is 3.14. The van der Waals surface area contributed by atoms with Crippen LogP contribution in [0.25, 0.3) is 0 Å². The lowest BCUT2D eigenvalue weighted by atomic mass is 10.1. The number of hydrogen-bond donors (Lipinski definition) is 0. The number of carbonyl (C=O) groups excluding carboxylic acids is 1. The minimum atomic E-state index is -4.37. The van der Waals surface area contributed by atoms with Crippen molar-refractivity contribution < 1.29 is 22.4 Å². The molecule has 0 bridgehead atoms. The van der Waals surface area contributed by atoms with Crippen LogP contribution in [0.15, 0.2) is 23.0 Å². The molecule has 0 spiro atoms. The van der Waals surface area contributed by atoms with E-state index in [9.17, 15) is 18.0 Å². The zero-order valence-electron chi connectivity index (χ0n) is 9.74. The van der Waals surface area contributed by atoms with Crippen LogP contribution in [0, 0.1) is 0 Å². The van der Waals surface area contributed by atoms with E-state index in [4.69, 9.17) is 4.42 Å². The number of alkyl halides is 3. The van der Waals surface area contributed by atoms with Crippen molar-refractivity contribution in [2.24, 2.45) is 0 Å². The number of nitrogens with zero attached hydrogens (tertiary/aromatic N) is 1. The Morgan fingerprint density at radius 2 is 2.06 bits per heavy atom. The molecule has 1 aromatic rings. The van der Waals surface area contributed by atoms with E-state index in [1.807, 2.05) is 0 Å². The number of furan rings is 1. The quantitative estimate of drug-likeness (QED) is 0.837. The Kier molecular flexibility index (Phi) is 3.63. The number of hydrogen-bond acceptors (Lipinski definition) is 2. The molecule has 0 unspecified atom stereocenters. The second-order valence-electron chi connectivity index (χ2n) is 4.50. The van der Waals surface area contributed by atoms with Gasteiger partial charge in [0, 0.05) is 6.04 Å². The van der Waals surface area contributed by atoms with Gasteiger partial charge in [-0.3, -0.25) is 4.79 Å². The number of rotatable bonds is 3. The van der Waals surface area contributed by atoms with Gasteiger partial charge in [0.2, 0.25) is 0 Å². The molecule has 1 amide bonds. The van der Waals surface area contributed by atoms with Gasteiger partial charge in [0.25, 0.3) is 5.91 Å². The highest BCUT2D eigenvalue weighted by Gasteiger charge is 2.37. The van der Waals surface area contributed by atoms with Crippen LogP contribution in [0.1, 0.15) is 36.0 Å². The monoisotopic (exact) mass is 261 g/mol. The molecule has 0 aliphatic heterocycles. The fraction of sp³-hybridized carbons (Fsp3) is 0.583. The molecule has 1 aliphatic rings. The predicted octanol–water partition coefficient (Wildman–Crippen LogP) is 3.23. The molecule has 0 N–H and O–H groups in total. The van der Waals surface area contributed by atoms with Gasteiger partial charge in [0.05, 0.1) is 11.8 Å². The topological polar surface area (TPSA) is 33.5 Å². The summed E-state index contributed by atoms with van der Waals surface area (Å²) in [4.78, 5) is 13.0. The molecule has 1 saturated carbocycles. The van der Waals surface area contributed by atoms with Crippen LogP contribution in [0.5, 0.6) is 0 Å². The highest BCUT2D eigenvalue weighted by molar-refractivity contribution is 5.94. The summed E-state index contributed by atoms with van der Waals surface area (Å²) in [6.07, 6.45) is 1.12. The van der Waals surface area contributed by atoms with Crippen LogP contribution in [0.3, 0.4) is 0 Å². The number of carbonyl (C=O) groups is 1. The average molecular weight is 261 g/mol. The van der Waals surface area contributed by atoms with Gasteiger partial charge in [-0.25, -0.2) is 0 Å². The van der Waals surface area contributed by atoms with Crippen molar-refractivity contribution in [1.29, 1.82) is 0 Å². The maximum atomic E-state index is 12.5. The summed E-state index contributed by atoms with van der Waals surface area (Å²) in [7, 11) is 0. The largest absolute Gasteiger partial charge is 0.472 e. The molecule has 0 aromatic carbocycles. The highest BCUT2D eigenvalue weighted by Crippen LogP contribution is 2.28. The number of amides is 1. The third-order valence-corrected chi connectivity index (χ3v) is 3.14. The first kappa shape index (κ1) is 13.0. The Hall–Kier alpha value is -1.46. The lowest BCUT2D eigenvalue weighted by molar-refractivity contribution is -0.144. The fourth-order valence-corrected chi connectivity index (χ4v) is 2.33. The summed E-state index contributed by atoms with van der Waals surface area (Å²) in [6.45, 7) is -1.19. The maximum absolute atomic E-state index is 12.5. The van der Waals surface area contributed by atoms with E-state index in [-0.39, 0.29) is 11.6 Å². The summed E-state index contributed by atoms with van der Waals surface area (Å²) >= 11 is 0. The van der Waals surface area contributed by atoms with E-state index in [0.29, 0.717) is 12.8 Å². The molecule has 1 aromatic heterocycles. The Morgan fingerprint density at radius 3 is 2.56 bits per heavy atom. The lowest BCUT2D eigenvalue weighted by Gasteiger charge is -2.29. The molecular weight excluding hydrogens is 247 g/mol. The zero-order chi connectivity index (χ0) is 13.2. The molecule has 18 heavy (non-hydrogen) atoms.